The summed E-state index contributed by atoms with van der Waals surface area (Å²) in [7, 11) is 1.48. The first-order valence-electron chi connectivity index (χ1n) is 7.17. The van der Waals surface area contributed by atoms with Gasteiger partial charge in [0.2, 0.25) is 0 Å². The van der Waals surface area contributed by atoms with Crippen LogP contribution in [0.2, 0.25) is 0 Å². The summed E-state index contributed by atoms with van der Waals surface area (Å²) < 4.78 is 29.8. The zero-order valence-corrected chi connectivity index (χ0v) is 13.8. The van der Waals surface area contributed by atoms with Crippen LogP contribution in [-0.2, 0) is 20.3 Å². The third-order valence-electron chi connectivity index (χ3n) is 3.86. The lowest BCUT2D eigenvalue weighted by molar-refractivity contribution is 0.0144. The minimum Gasteiger partial charge on any atom is -0.458 e. The fourth-order valence-electron chi connectivity index (χ4n) is 2.75. The van der Waals surface area contributed by atoms with Crippen molar-refractivity contribution in [1.29, 1.82) is 0 Å². The van der Waals surface area contributed by atoms with Gasteiger partial charge in [0.1, 0.15) is 16.7 Å². The molecule has 1 aromatic rings. The fourth-order valence-corrected chi connectivity index (χ4v) is 3.51. The predicted octanol–water partition coefficient (Wildman–Crippen LogP) is 3.17. The molecule has 0 N–H and O–H groups in total. The van der Waals surface area contributed by atoms with Gasteiger partial charge in [0.05, 0.1) is 0 Å². The molecule has 1 fully saturated rings. The van der Waals surface area contributed by atoms with Crippen LogP contribution >= 0.6 is 10.7 Å². The largest absolute Gasteiger partial charge is 0.458 e. The van der Waals surface area contributed by atoms with E-state index in [1.54, 1.807) is 4.57 Å². The van der Waals surface area contributed by atoms with E-state index in [-0.39, 0.29) is 16.7 Å². The number of aryl methyl sites for hydroxylation is 1. The molecule has 0 aromatic carbocycles. The van der Waals surface area contributed by atoms with Crippen molar-refractivity contribution < 1.29 is 17.9 Å². The summed E-state index contributed by atoms with van der Waals surface area (Å²) >= 11 is 0. The summed E-state index contributed by atoms with van der Waals surface area (Å²) in [6, 6.07) is 1.28. The van der Waals surface area contributed by atoms with Gasteiger partial charge < -0.3 is 9.30 Å². The summed E-state index contributed by atoms with van der Waals surface area (Å²) in [5.41, 5.74) is 0.231. The zero-order valence-electron chi connectivity index (χ0n) is 12.2. The molecule has 1 aliphatic carbocycles. The Bertz CT molecular complexity index is 623. The highest BCUT2D eigenvalue weighted by Gasteiger charge is 2.25. The third kappa shape index (κ3) is 4.01. The minimum atomic E-state index is -3.85. The van der Waals surface area contributed by atoms with E-state index in [2.05, 4.69) is 6.92 Å². The van der Waals surface area contributed by atoms with E-state index in [4.69, 9.17) is 15.4 Å². The minimum absolute atomic E-state index is 0.0741. The monoisotopic (exact) mass is 333 g/mol. The quantitative estimate of drug-likeness (QED) is 0.627. The molecule has 0 bridgehead atoms. The molecule has 5 nitrogen and oxygen atoms in total. The van der Waals surface area contributed by atoms with Gasteiger partial charge in [0, 0.05) is 23.4 Å². The van der Waals surface area contributed by atoms with Gasteiger partial charge in [-0.1, -0.05) is 13.3 Å². The fraction of sp³-hybridized carbons (Fsp3) is 0.643. The number of carbonyl (C=O) groups is 1. The molecule has 0 radical (unpaired) electrons. The Kier molecular flexibility index (Phi) is 4.99. The van der Waals surface area contributed by atoms with Gasteiger partial charge in [-0.15, -0.1) is 0 Å². The lowest BCUT2D eigenvalue weighted by Crippen LogP contribution is -2.25. The van der Waals surface area contributed by atoms with Crippen molar-refractivity contribution in [3.05, 3.63) is 18.0 Å². The van der Waals surface area contributed by atoms with Crippen LogP contribution in [0.4, 0.5) is 0 Å². The number of hydrogen-bond acceptors (Lipinski definition) is 4. The van der Waals surface area contributed by atoms with Gasteiger partial charge in [-0.05, 0) is 38.2 Å². The molecule has 1 aromatic heterocycles. The summed E-state index contributed by atoms with van der Waals surface area (Å²) in [6.45, 7) is 4.44. The van der Waals surface area contributed by atoms with Crippen LogP contribution in [0.15, 0.2) is 17.2 Å². The smallest absolute Gasteiger partial charge is 0.355 e. The van der Waals surface area contributed by atoms with Crippen LogP contribution < -0.4 is 0 Å². The van der Waals surface area contributed by atoms with Crippen LogP contribution in [0, 0.1) is 5.92 Å². The first-order valence-corrected chi connectivity index (χ1v) is 9.48. The van der Waals surface area contributed by atoms with Crippen LogP contribution in [0.3, 0.4) is 0 Å². The van der Waals surface area contributed by atoms with E-state index in [0.717, 1.165) is 25.7 Å². The van der Waals surface area contributed by atoms with Gasteiger partial charge in [-0.25, -0.2) is 13.2 Å². The van der Waals surface area contributed by atoms with Crippen molar-refractivity contribution in [2.24, 2.45) is 5.92 Å². The van der Waals surface area contributed by atoms with Gasteiger partial charge in [-0.3, -0.25) is 0 Å². The number of carbonyl (C=O) groups excluding carboxylic acids is 1. The maximum absolute atomic E-state index is 12.3. The van der Waals surface area contributed by atoms with E-state index in [9.17, 15) is 13.2 Å². The van der Waals surface area contributed by atoms with Crippen LogP contribution in [0.25, 0.3) is 0 Å². The lowest BCUT2D eigenvalue weighted by Gasteiger charge is -2.26. The number of rotatable bonds is 4. The number of esters is 1. The molecule has 7 heteroatoms. The highest BCUT2D eigenvalue weighted by molar-refractivity contribution is 8.13. The Morgan fingerprint density at radius 2 is 2.19 bits per heavy atom. The summed E-state index contributed by atoms with van der Waals surface area (Å²) in [5.74, 6) is 0.0656. The van der Waals surface area contributed by atoms with E-state index < -0.39 is 15.0 Å². The normalized spacial score (nSPS) is 23.0. The summed E-state index contributed by atoms with van der Waals surface area (Å²) in [6.07, 6.45) is 5.21. The Hall–Kier alpha value is -1.01. The molecule has 21 heavy (non-hydrogen) atoms. The highest BCUT2D eigenvalue weighted by atomic mass is 35.7. The molecular weight excluding hydrogens is 314 g/mol. The van der Waals surface area contributed by atoms with Gasteiger partial charge >= 0.3 is 5.97 Å². The highest BCUT2D eigenvalue weighted by Crippen LogP contribution is 2.27. The van der Waals surface area contributed by atoms with Crippen LogP contribution in [0.1, 0.15) is 50.0 Å². The average Bonchev–Trinajstić information content (AvgIpc) is 2.82. The second kappa shape index (κ2) is 6.40. The number of halogens is 1. The molecule has 0 spiro atoms. The molecule has 0 amide bonds. The summed E-state index contributed by atoms with van der Waals surface area (Å²) in [4.78, 5) is 12.2. The van der Waals surface area contributed by atoms with Gasteiger partial charge in [0.15, 0.2) is 0 Å². The lowest BCUT2D eigenvalue weighted by atomic mass is 9.89. The zero-order chi connectivity index (χ0) is 15.6. The maximum atomic E-state index is 12.3. The Morgan fingerprint density at radius 1 is 1.48 bits per heavy atom. The number of ether oxygens (including phenoxy) is 1. The second-order valence-corrected chi connectivity index (χ2v) is 8.15. The van der Waals surface area contributed by atoms with E-state index in [0.29, 0.717) is 12.5 Å². The van der Waals surface area contributed by atoms with Crippen molar-refractivity contribution in [2.75, 3.05) is 0 Å². The molecule has 0 saturated heterocycles. The molecule has 1 heterocycles. The first kappa shape index (κ1) is 16.4. The maximum Gasteiger partial charge on any atom is 0.355 e. The Labute approximate surface area is 129 Å². The molecule has 1 aliphatic rings. The number of aromatic nitrogens is 1. The SMILES string of the molecule is CCn1cc(S(=O)(=O)Cl)cc1C(=O)OC1CCCC(C)C1. The molecule has 2 rings (SSSR count). The third-order valence-corrected chi connectivity index (χ3v) is 5.19. The van der Waals surface area contributed by atoms with E-state index >= 15 is 0 Å². The predicted molar refractivity (Wildman–Crippen MR) is 80.0 cm³/mol. The molecule has 2 atom stereocenters. The first-order chi connectivity index (χ1) is 9.81. The standard InChI is InChI=1S/C14H20ClNO4S/c1-3-16-9-12(21(15,18)19)8-13(16)14(17)20-11-6-4-5-10(2)7-11/h8-11H,3-7H2,1-2H3. The number of hydrogen-bond donors (Lipinski definition) is 0. The van der Waals surface area contributed by atoms with Crippen molar-refractivity contribution >= 4 is 25.7 Å². The van der Waals surface area contributed by atoms with E-state index in [1.165, 1.54) is 12.3 Å². The van der Waals surface area contributed by atoms with Crippen LogP contribution in [0.5, 0.6) is 0 Å². The molecule has 0 aliphatic heterocycles. The molecule has 118 valence electrons. The number of nitrogens with zero attached hydrogens (tertiary/aromatic N) is 1. The summed E-state index contributed by atoms with van der Waals surface area (Å²) in [5, 5.41) is 0. The van der Waals surface area contributed by atoms with Crippen LogP contribution in [-0.4, -0.2) is 25.1 Å². The van der Waals surface area contributed by atoms with Crippen molar-refractivity contribution in [3.8, 4) is 0 Å². The molecule has 2 unspecified atom stereocenters. The van der Waals surface area contributed by atoms with E-state index in [1.807, 2.05) is 6.92 Å². The van der Waals surface area contributed by atoms with Crippen molar-refractivity contribution in [2.45, 2.75) is 57.1 Å². The molecule has 1 saturated carbocycles. The Morgan fingerprint density at radius 3 is 2.76 bits per heavy atom. The van der Waals surface area contributed by atoms with Crippen molar-refractivity contribution in [1.82, 2.24) is 4.57 Å². The van der Waals surface area contributed by atoms with Gasteiger partial charge in [-0.2, -0.15) is 0 Å². The molecular formula is C14H20ClNO4S. The van der Waals surface area contributed by atoms with Crippen molar-refractivity contribution in [3.63, 3.8) is 0 Å². The van der Waals surface area contributed by atoms with Gasteiger partial charge in [0.25, 0.3) is 9.05 Å². The average molecular weight is 334 g/mol. The second-order valence-electron chi connectivity index (χ2n) is 5.58. The topological polar surface area (TPSA) is 65.4 Å². The Balaban J connectivity index is 2.16.